The van der Waals surface area contributed by atoms with Crippen molar-refractivity contribution in [3.63, 3.8) is 0 Å². The maximum atomic E-state index is 12.7. The van der Waals surface area contributed by atoms with E-state index >= 15 is 0 Å². The lowest BCUT2D eigenvalue weighted by atomic mass is 10.1. The Bertz CT molecular complexity index is 1440. The molecule has 1 heterocycles. The van der Waals surface area contributed by atoms with Crippen molar-refractivity contribution >= 4 is 44.3 Å². The minimum atomic E-state index is -3.76. The van der Waals surface area contributed by atoms with Crippen molar-refractivity contribution in [1.29, 1.82) is 0 Å². The van der Waals surface area contributed by atoms with Gasteiger partial charge in [0.25, 0.3) is 15.9 Å². The second kappa shape index (κ2) is 9.48. The number of rotatable bonds is 7. The summed E-state index contributed by atoms with van der Waals surface area (Å²) in [5.74, 6) is 0.716. The van der Waals surface area contributed by atoms with E-state index in [0.717, 1.165) is 16.9 Å². The zero-order valence-corrected chi connectivity index (χ0v) is 20.7. The van der Waals surface area contributed by atoms with E-state index in [9.17, 15) is 13.2 Å². The van der Waals surface area contributed by atoms with E-state index in [-0.39, 0.29) is 10.8 Å². The molecule has 176 valence electrons. The van der Waals surface area contributed by atoms with Gasteiger partial charge < -0.3 is 9.47 Å². The minimum absolute atomic E-state index is 0.000774. The topological polar surface area (TPSA) is 84.3 Å². The summed E-state index contributed by atoms with van der Waals surface area (Å²) in [7, 11) is -1.86. The summed E-state index contributed by atoms with van der Waals surface area (Å²) in [5, 5.41) is 0.465. The Morgan fingerprint density at radius 1 is 1.00 bits per heavy atom. The van der Waals surface area contributed by atoms with Crippen LogP contribution in [0.25, 0.3) is 22.4 Å². The van der Waals surface area contributed by atoms with Crippen LogP contribution in [0.2, 0.25) is 5.02 Å². The highest BCUT2D eigenvalue weighted by molar-refractivity contribution is 7.92. The average Bonchev–Trinajstić information content (AvgIpc) is 3.15. The third kappa shape index (κ3) is 4.64. The molecule has 3 aromatic carbocycles. The van der Waals surface area contributed by atoms with Gasteiger partial charge in [-0.3, -0.25) is 9.52 Å². The van der Waals surface area contributed by atoms with Crippen LogP contribution in [-0.4, -0.2) is 41.9 Å². The van der Waals surface area contributed by atoms with Crippen molar-refractivity contribution in [2.45, 2.75) is 18.7 Å². The molecule has 0 aliphatic rings. The van der Waals surface area contributed by atoms with Crippen molar-refractivity contribution in [2.24, 2.45) is 7.05 Å². The van der Waals surface area contributed by atoms with E-state index in [0.29, 0.717) is 34.9 Å². The third-order valence-corrected chi connectivity index (χ3v) is 7.35. The zero-order valence-electron chi connectivity index (χ0n) is 19.1. The predicted molar refractivity (Wildman–Crippen MR) is 136 cm³/mol. The van der Waals surface area contributed by atoms with Crippen LogP contribution in [0.3, 0.4) is 0 Å². The first-order valence-corrected chi connectivity index (χ1v) is 12.7. The molecule has 7 nitrogen and oxygen atoms in total. The molecule has 34 heavy (non-hydrogen) atoms. The third-order valence-electron chi connectivity index (χ3n) is 5.70. The molecule has 0 saturated carbocycles. The lowest BCUT2D eigenvalue weighted by molar-refractivity contribution is 0.0773. The van der Waals surface area contributed by atoms with Crippen LogP contribution in [0.4, 0.5) is 5.69 Å². The number of hydrogen-bond donors (Lipinski definition) is 1. The van der Waals surface area contributed by atoms with Crippen LogP contribution >= 0.6 is 11.6 Å². The number of anilines is 1. The maximum Gasteiger partial charge on any atom is 0.261 e. The number of sulfonamides is 1. The van der Waals surface area contributed by atoms with E-state index in [1.807, 2.05) is 43.7 Å². The summed E-state index contributed by atoms with van der Waals surface area (Å²) in [4.78, 5) is 19.2. The predicted octanol–water partition coefficient (Wildman–Crippen LogP) is 5.18. The van der Waals surface area contributed by atoms with E-state index in [1.165, 1.54) is 24.3 Å². The Kier molecular flexibility index (Phi) is 6.63. The first kappa shape index (κ1) is 23.8. The van der Waals surface area contributed by atoms with Gasteiger partial charge in [0.05, 0.1) is 21.6 Å². The highest BCUT2D eigenvalue weighted by Crippen LogP contribution is 2.27. The first-order chi connectivity index (χ1) is 16.2. The molecule has 0 aliphatic heterocycles. The van der Waals surface area contributed by atoms with Gasteiger partial charge in [0, 0.05) is 36.3 Å². The molecule has 0 fully saturated rings. The van der Waals surface area contributed by atoms with Gasteiger partial charge in [-0.2, -0.15) is 0 Å². The molecule has 0 unspecified atom stereocenters. The lowest BCUT2D eigenvalue weighted by Gasteiger charge is -2.18. The normalized spacial score (nSPS) is 11.5. The standard InChI is InChI=1S/C25H25ClN4O3S/c1-4-30(5-2)25(31)18-8-6-17(7-9-18)24-27-22-16-20(12-15-23(22)29(24)3)28-34(32,33)21-13-10-19(26)11-14-21/h6-16,28H,4-5H2,1-3H3. The molecule has 0 saturated heterocycles. The van der Waals surface area contributed by atoms with Gasteiger partial charge in [-0.15, -0.1) is 0 Å². The fraction of sp³-hybridized carbons (Fsp3) is 0.200. The van der Waals surface area contributed by atoms with Gasteiger partial charge in [-0.25, -0.2) is 13.4 Å². The van der Waals surface area contributed by atoms with Crippen molar-refractivity contribution in [2.75, 3.05) is 17.8 Å². The number of hydrogen-bond acceptors (Lipinski definition) is 4. The van der Waals surface area contributed by atoms with E-state index in [1.54, 1.807) is 29.2 Å². The lowest BCUT2D eigenvalue weighted by Crippen LogP contribution is -2.30. The second-order valence-corrected chi connectivity index (χ2v) is 9.93. The summed E-state index contributed by atoms with van der Waals surface area (Å²) in [6, 6.07) is 18.6. The SMILES string of the molecule is CCN(CC)C(=O)c1ccc(-c2nc3cc(NS(=O)(=O)c4ccc(Cl)cc4)ccc3n2C)cc1. The Balaban J connectivity index is 1.62. The smallest absolute Gasteiger partial charge is 0.261 e. The molecule has 0 aliphatic carbocycles. The highest BCUT2D eigenvalue weighted by Gasteiger charge is 2.17. The number of benzene rings is 3. The number of nitrogens with one attached hydrogen (secondary N) is 1. The number of carbonyl (C=O) groups excluding carboxylic acids is 1. The minimum Gasteiger partial charge on any atom is -0.339 e. The number of carbonyl (C=O) groups is 1. The molecule has 0 radical (unpaired) electrons. The molecular formula is C25H25ClN4O3S. The van der Waals surface area contributed by atoms with Crippen molar-refractivity contribution < 1.29 is 13.2 Å². The summed E-state index contributed by atoms with van der Waals surface area (Å²) < 4.78 is 30.0. The molecule has 1 N–H and O–H groups in total. The molecule has 4 rings (SSSR count). The molecular weight excluding hydrogens is 472 g/mol. The van der Waals surface area contributed by atoms with Crippen LogP contribution in [0, 0.1) is 0 Å². The van der Waals surface area contributed by atoms with Crippen molar-refractivity contribution in [3.8, 4) is 11.4 Å². The van der Waals surface area contributed by atoms with Crippen molar-refractivity contribution in [1.82, 2.24) is 14.5 Å². The van der Waals surface area contributed by atoms with Gasteiger partial charge in [-0.05, 0) is 68.4 Å². The van der Waals surface area contributed by atoms with Crippen LogP contribution in [0.5, 0.6) is 0 Å². The number of amides is 1. The monoisotopic (exact) mass is 496 g/mol. The van der Waals surface area contributed by atoms with Crippen LogP contribution in [0.15, 0.2) is 71.6 Å². The van der Waals surface area contributed by atoms with Gasteiger partial charge >= 0.3 is 0 Å². The van der Waals surface area contributed by atoms with E-state index < -0.39 is 10.0 Å². The van der Waals surface area contributed by atoms with Crippen LogP contribution in [0.1, 0.15) is 24.2 Å². The molecule has 0 atom stereocenters. The molecule has 4 aromatic rings. The van der Waals surface area contributed by atoms with Crippen LogP contribution in [-0.2, 0) is 17.1 Å². The average molecular weight is 497 g/mol. The number of imidazole rings is 1. The van der Waals surface area contributed by atoms with Gasteiger partial charge in [0.2, 0.25) is 0 Å². The summed E-state index contributed by atoms with van der Waals surface area (Å²) in [6.07, 6.45) is 0. The van der Waals surface area contributed by atoms with Crippen molar-refractivity contribution in [3.05, 3.63) is 77.3 Å². The van der Waals surface area contributed by atoms with Crippen LogP contribution < -0.4 is 4.72 Å². The second-order valence-electron chi connectivity index (χ2n) is 7.81. The number of aromatic nitrogens is 2. The Morgan fingerprint density at radius 2 is 1.65 bits per heavy atom. The number of halogens is 1. The summed E-state index contributed by atoms with van der Waals surface area (Å²) in [6.45, 7) is 5.23. The Morgan fingerprint density at radius 3 is 2.26 bits per heavy atom. The quantitative estimate of drug-likeness (QED) is 0.382. The largest absolute Gasteiger partial charge is 0.339 e. The zero-order chi connectivity index (χ0) is 24.5. The first-order valence-electron chi connectivity index (χ1n) is 10.9. The van der Waals surface area contributed by atoms with E-state index in [4.69, 9.17) is 16.6 Å². The highest BCUT2D eigenvalue weighted by atomic mass is 35.5. The fourth-order valence-corrected chi connectivity index (χ4v) is 4.98. The Hall–Kier alpha value is -3.36. The molecule has 0 bridgehead atoms. The fourth-order valence-electron chi connectivity index (χ4n) is 3.80. The van der Waals surface area contributed by atoms with Gasteiger partial charge in [0.1, 0.15) is 5.82 Å². The number of aryl methyl sites for hydroxylation is 1. The van der Waals surface area contributed by atoms with E-state index in [2.05, 4.69) is 4.72 Å². The number of nitrogens with zero attached hydrogens (tertiary/aromatic N) is 3. The van der Waals surface area contributed by atoms with Gasteiger partial charge in [0.15, 0.2) is 0 Å². The molecule has 0 spiro atoms. The molecule has 9 heteroatoms. The van der Waals surface area contributed by atoms with Gasteiger partial charge in [-0.1, -0.05) is 23.7 Å². The number of fused-ring (bicyclic) bond motifs is 1. The molecule has 1 amide bonds. The summed E-state index contributed by atoms with van der Waals surface area (Å²) in [5.41, 5.74) is 3.40. The molecule has 1 aromatic heterocycles. The maximum absolute atomic E-state index is 12.7. The summed E-state index contributed by atoms with van der Waals surface area (Å²) >= 11 is 5.86. The Labute approximate surface area is 204 Å².